The molecule has 0 unspecified atom stereocenters. The molecule has 0 aliphatic heterocycles. The standard InChI is InChI=1S/C13H18N6/c14-8-2-1-3-9-15-12-6-4-11(5-7-12)13-18-16-10-17-19-13/h4-7,10,15H,1-3,8-9,14H2. The van der Waals surface area contributed by atoms with Gasteiger partial charge in [0.05, 0.1) is 0 Å². The molecule has 6 nitrogen and oxygen atoms in total. The van der Waals surface area contributed by atoms with Crippen LogP contribution >= 0.6 is 0 Å². The summed E-state index contributed by atoms with van der Waals surface area (Å²) in [5, 5.41) is 18.6. The molecule has 0 saturated heterocycles. The van der Waals surface area contributed by atoms with Gasteiger partial charge in [0, 0.05) is 17.8 Å². The molecule has 0 spiro atoms. The van der Waals surface area contributed by atoms with Crippen LogP contribution in [0.5, 0.6) is 0 Å². The molecule has 1 heterocycles. The average Bonchev–Trinajstić information content (AvgIpc) is 2.49. The highest BCUT2D eigenvalue weighted by atomic mass is 15.3. The zero-order valence-corrected chi connectivity index (χ0v) is 10.8. The van der Waals surface area contributed by atoms with Gasteiger partial charge in [0.25, 0.3) is 0 Å². The Kier molecular flexibility index (Phi) is 5.18. The molecule has 0 atom stereocenters. The predicted octanol–water partition coefficient (Wildman–Crippen LogP) is 1.47. The van der Waals surface area contributed by atoms with Gasteiger partial charge in [0.1, 0.15) is 0 Å². The van der Waals surface area contributed by atoms with Crippen molar-refractivity contribution < 1.29 is 0 Å². The van der Waals surface area contributed by atoms with E-state index in [0.717, 1.165) is 43.6 Å². The molecule has 0 saturated carbocycles. The van der Waals surface area contributed by atoms with Gasteiger partial charge < -0.3 is 11.1 Å². The Hall–Kier alpha value is -2.08. The van der Waals surface area contributed by atoms with Crippen molar-refractivity contribution in [2.75, 3.05) is 18.4 Å². The molecule has 0 amide bonds. The summed E-state index contributed by atoms with van der Waals surface area (Å²) in [6.45, 7) is 1.73. The average molecular weight is 258 g/mol. The number of rotatable bonds is 7. The molecule has 0 fully saturated rings. The lowest BCUT2D eigenvalue weighted by Gasteiger charge is -2.06. The van der Waals surface area contributed by atoms with E-state index in [2.05, 4.69) is 25.7 Å². The second-order valence-electron chi connectivity index (χ2n) is 4.22. The van der Waals surface area contributed by atoms with Crippen molar-refractivity contribution in [1.82, 2.24) is 20.4 Å². The molecular formula is C13H18N6. The van der Waals surface area contributed by atoms with Gasteiger partial charge in [-0.05, 0) is 43.7 Å². The van der Waals surface area contributed by atoms with Crippen LogP contribution in [0, 0.1) is 0 Å². The lowest BCUT2D eigenvalue weighted by atomic mass is 10.2. The fourth-order valence-corrected chi connectivity index (χ4v) is 1.74. The third-order valence-corrected chi connectivity index (χ3v) is 2.76. The maximum Gasteiger partial charge on any atom is 0.203 e. The predicted molar refractivity (Wildman–Crippen MR) is 74.5 cm³/mol. The number of nitrogens with zero attached hydrogens (tertiary/aromatic N) is 4. The summed E-state index contributed by atoms with van der Waals surface area (Å²) in [6, 6.07) is 7.94. The van der Waals surface area contributed by atoms with Crippen molar-refractivity contribution >= 4 is 5.69 Å². The first kappa shape index (κ1) is 13.4. The molecular weight excluding hydrogens is 240 g/mol. The fraction of sp³-hybridized carbons (Fsp3) is 0.385. The zero-order chi connectivity index (χ0) is 13.3. The molecule has 6 heteroatoms. The van der Waals surface area contributed by atoms with E-state index in [0.29, 0.717) is 5.82 Å². The Balaban J connectivity index is 1.85. The summed E-state index contributed by atoms with van der Waals surface area (Å²) in [5.74, 6) is 0.539. The summed E-state index contributed by atoms with van der Waals surface area (Å²) < 4.78 is 0. The third-order valence-electron chi connectivity index (χ3n) is 2.76. The molecule has 1 aromatic carbocycles. The second-order valence-corrected chi connectivity index (χ2v) is 4.22. The van der Waals surface area contributed by atoms with Crippen molar-refractivity contribution in [1.29, 1.82) is 0 Å². The lowest BCUT2D eigenvalue weighted by molar-refractivity contribution is 0.707. The van der Waals surface area contributed by atoms with Crippen LogP contribution in [0.4, 0.5) is 5.69 Å². The molecule has 0 aliphatic rings. The highest BCUT2D eigenvalue weighted by molar-refractivity contribution is 5.58. The highest BCUT2D eigenvalue weighted by Gasteiger charge is 2.01. The van der Waals surface area contributed by atoms with E-state index >= 15 is 0 Å². The molecule has 1 aromatic heterocycles. The van der Waals surface area contributed by atoms with Crippen LogP contribution in [0.2, 0.25) is 0 Å². The van der Waals surface area contributed by atoms with Gasteiger partial charge in [-0.3, -0.25) is 0 Å². The van der Waals surface area contributed by atoms with Crippen LogP contribution in [0.15, 0.2) is 30.6 Å². The number of aromatic nitrogens is 4. The first-order valence-corrected chi connectivity index (χ1v) is 6.45. The van der Waals surface area contributed by atoms with E-state index in [-0.39, 0.29) is 0 Å². The maximum atomic E-state index is 5.45. The van der Waals surface area contributed by atoms with Crippen LogP contribution in [0.25, 0.3) is 11.4 Å². The molecule has 0 bridgehead atoms. The summed E-state index contributed by atoms with van der Waals surface area (Å²) >= 11 is 0. The van der Waals surface area contributed by atoms with E-state index in [1.54, 1.807) is 0 Å². The van der Waals surface area contributed by atoms with Crippen molar-refractivity contribution in [3.63, 3.8) is 0 Å². The number of hydrogen-bond acceptors (Lipinski definition) is 6. The minimum absolute atomic E-state index is 0.539. The van der Waals surface area contributed by atoms with Gasteiger partial charge in [0.2, 0.25) is 5.82 Å². The van der Waals surface area contributed by atoms with E-state index in [1.807, 2.05) is 24.3 Å². The van der Waals surface area contributed by atoms with Crippen molar-refractivity contribution in [2.24, 2.45) is 5.73 Å². The summed E-state index contributed by atoms with van der Waals surface area (Å²) in [5.41, 5.74) is 7.45. The number of hydrogen-bond donors (Lipinski definition) is 2. The fourth-order valence-electron chi connectivity index (χ4n) is 1.74. The van der Waals surface area contributed by atoms with Crippen molar-refractivity contribution in [3.05, 3.63) is 30.6 Å². The Morgan fingerprint density at radius 3 is 2.37 bits per heavy atom. The molecule has 0 aliphatic carbocycles. The van der Waals surface area contributed by atoms with Crippen molar-refractivity contribution in [3.8, 4) is 11.4 Å². The Labute approximate surface area is 112 Å². The van der Waals surface area contributed by atoms with Gasteiger partial charge in [0.15, 0.2) is 6.33 Å². The Morgan fingerprint density at radius 1 is 0.947 bits per heavy atom. The van der Waals surface area contributed by atoms with Crippen LogP contribution in [0.1, 0.15) is 19.3 Å². The van der Waals surface area contributed by atoms with Crippen LogP contribution in [-0.4, -0.2) is 33.5 Å². The smallest absolute Gasteiger partial charge is 0.203 e. The Bertz CT molecular complexity index is 470. The third kappa shape index (κ3) is 4.26. The lowest BCUT2D eigenvalue weighted by Crippen LogP contribution is -2.03. The van der Waals surface area contributed by atoms with E-state index in [1.165, 1.54) is 6.33 Å². The van der Waals surface area contributed by atoms with Crippen LogP contribution in [0.3, 0.4) is 0 Å². The van der Waals surface area contributed by atoms with Crippen LogP contribution in [-0.2, 0) is 0 Å². The largest absolute Gasteiger partial charge is 0.385 e. The molecule has 2 aromatic rings. The molecule has 19 heavy (non-hydrogen) atoms. The minimum atomic E-state index is 0.539. The normalized spacial score (nSPS) is 10.4. The SMILES string of the molecule is NCCCCCNc1ccc(-c2nncnn2)cc1. The topological polar surface area (TPSA) is 89.6 Å². The number of anilines is 1. The Morgan fingerprint density at radius 2 is 1.68 bits per heavy atom. The quantitative estimate of drug-likeness (QED) is 0.731. The first-order valence-electron chi connectivity index (χ1n) is 6.45. The summed E-state index contributed by atoms with van der Waals surface area (Å²) in [6.07, 6.45) is 4.71. The number of nitrogens with two attached hydrogens (primary N) is 1. The number of unbranched alkanes of at least 4 members (excludes halogenated alkanes) is 2. The van der Waals surface area contributed by atoms with Gasteiger partial charge in [-0.25, -0.2) is 0 Å². The van der Waals surface area contributed by atoms with Gasteiger partial charge in [-0.2, -0.15) is 0 Å². The van der Waals surface area contributed by atoms with Crippen LogP contribution < -0.4 is 11.1 Å². The van der Waals surface area contributed by atoms with E-state index in [9.17, 15) is 0 Å². The van der Waals surface area contributed by atoms with Gasteiger partial charge in [-0.15, -0.1) is 20.4 Å². The summed E-state index contributed by atoms with van der Waals surface area (Å²) in [4.78, 5) is 0. The van der Waals surface area contributed by atoms with Crippen molar-refractivity contribution in [2.45, 2.75) is 19.3 Å². The zero-order valence-electron chi connectivity index (χ0n) is 10.8. The van der Waals surface area contributed by atoms with E-state index < -0.39 is 0 Å². The van der Waals surface area contributed by atoms with E-state index in [4.69, 9.17) is 5.73 Å². The molecule has 0 radical (unpaired) electrons. The highest BCUT2D eigenvalue weighted by Crippen LogP contribution is 2.16. The number of benzene rings is 1. The second kappa shape index (κ2) is 7.38. The van der Waals surface area contributed by atoms with Gasteiger partial charge >= 0.3 is 0 Å². The monoisotopic (exact) mass is 258 g/mol. The van der Waals surface area contributed by atoms with Gasteiger partial charge in [-0.1, -0.05) is 6.42 Å². The number of nitrogens with one attached hydrogen (secondary N) is 1. The molecule has 3 N–H and O–H groups in total. The molecule has 100 valence electrons. The molecule has 2 rings (SSSR count). The first-order chi connectivity index (χ1) is 9.40. The minimum Gasteiger partial charge on any atom is -0.385 e. The summed E-state index contributed by atoms with van der Waals surface area (Å²) in [7, 11) is 0. The maximum absolute atomic E-state index is 5.45.